The van der Waals surface area contributed by atoms with Gasteiger partial charge in [0.25, 0.3) is 0 Å². The largest absolute Gasteiger partial charge is 0.372 e. The van der Waals surface area contributed by atoms with E-state index in [4.69, 9.17) is 0 Å². The maximum absolute atomic E-state index is 2.68. The van der Waals surface area contributed by atoms with Crippen molar-refractivity contribution in [3.63, 3.8) is 0 Å². The number of hydrogen-bond acceptors (Lipinski definition) is 1. The number of rotatable bonds is 39. The van der Waals surface area contributed by atoms with Crippen molar-refractivity contribution in [1.82, 2.24) is 0 Å². The average Bonchev–Trinajstić information content (AvgIpc) is 3.10. The summed E-state index contributed by atoms with van der Waals surface area (Å²) in [5.74, 6) is 0. The molecule has 0 aromatic heterocycles. The molecular weight excluding hydrogens is 567 g/mol. The molecule has 47 heavy (non-hydrogen) atoms. The van der Waals surface area contributed by atoms with E-state index in [2.05, 4.69) is 49.1 Å². The van der Waals surface area contributed by atoms with Crippen LogP contribution in [0.5, 0.6) is 0 Å². The van der Waals surface area contributed by atoms with E-state index >= 15 is 0 Å². The number of para-hydroxylation sites is 1. The summed E-state index contributed by atoms with van der Waals surface area (Å²) in [6.45, 7) is 7.09. The Hall–Kier alpha value is -0.980. The molecule has 0 spiro atoms. The van der Waals surface area contributed by atoms with E-state index in [-0.39, 0.29) is 0 Å². The topological polar surface area (TPSA) is 3.24 Å². The highest BCUT2D eigenvalue weighted by molar-refractivity contribution is 5.45. The lowest BCUT2D eigenvalue weighted by Crippen LogP contribution is -2.25. The van der Waals surface area contributed by atoms with Crippen LogP contribution in [0.4, 0.5) is 5.69 Å². The summed E-state index contributed by atoms with van der Waals surface area (Å²) in [5.41, 5.74) is 1.44. The molecule has 1 nitrogen and oxygen atoms in total. The maximum atomic E-state index is 2.68. The van der Waals surface area contributed by atoms with E-state index < -0.39 is 0 Å². The van der Waals surface area contributed by atoms with Crippen LogP contribution in [-0.2, 0) is 0 Å². The van der Waals surface area contributed by atoms with Gasteiger partial charge in [0.15, 0.2) is 0 Å². The highest BCUT2D eigenvalue weighted by atomic mass is 15.1. The van der Waals surface area contributed by atoms with Gasteiger partial charge in [0.05, 0.1) is 0 Å². The normalized spacial score (nSPS) is 11.4. The van der Waals surface area contributed by atoms with Gasteiger partial charge in [0.2, 0.25) is 0 Å². The van der Waals surface area contributed by atoms with Gasteiger partial charge in [-0.3, -0.25) is 0 Å². The van der Waals surface area contributed by atoms with Gasteiger partial charge in [0, 0.05) is 18.8 Å². The highest BCUT2D eigenvalue weighted by Crippen LogP contribution is 2.19. The average molecular weight is 654 g/mol. The Bertz CT molecular complexity index is 644. The first-order chi connectivity index (χ1) is 23.4. The second-order valence-electron chi connectivity index (χ2n) is 15.3. The van der Waals surface area contributed by atoms with E-state index in [0.717, 1.165) is 0 Å². The fourth-order valence-corrected chi connectivity index (χ4v) is 7.42. The van der Waals surface area contributed by atoms with Crippen molar-refractivity contribution < 1.29 is 0 Å². The molecule has 1 rings (SSSR count). The monoisotopic (exact) mass is 654 g/mol. The van der Waals surface area contributed by atoms with E-state index in [9.17, 15) is 0 Å². The van der Waals surface area contributed by atoms with Gasteiger partial charge in [-0.25, -0.2) is 0 Å². The zero-order chi connectivity index (χ0) is 33.6. The molecule has 0 heterocycles. The Kier molecular flexibility index (Phi) is 35.5. The van der Waals surface area contributed by atoms with Gasteiger partial charge < -0.3 is 4.90 Å². The third-order valence-corrected chi connectivity index (χ3v) is 10.7. The van der Waals surface area contributed by atoms with Gasteiger partial charge in [-0.05, 0) is 25.0 Å². The lowest BCUT2D eigenvalue weighted by Gasteiger charge is -2.25. The highest BCUT2D eigenvalue weighted by Gasteiger charge is 2.06. The van der Waals surface area contributed by atoms with Crippen LogP contribution >= 0.6 is 0 Å². The molecule has 0 atom stereocenters. The smallest absolute Gasteiger partial charge is 0.0366 e. The van der Waals surface area contributed by atoms with Crippen LogP contribution < -0.4 is 4.90 Å². The first-order valence-corrected chi connectivity index (χ1v) is 22.2. The van der Waals surface area contributed by atoms with Crippen LogP contribution in [0.3, 0.4) is 0 Å². The molecule has 0 aliphatic carbocycles. The minimum Gasteiger partial charge on any atom is -0.372 e. The van der Waals surface area contributed by atoms with Gasteiger partial charge in [-0.1, -0.05) is 250 Å². The van der Waals surface area contributed by atoms with Gasteiger partial charge in [-0.15, -0.1) is 0 Å². The van der Waals surface area contributed by atoms with E-state index in [1.807, 2.05) is 0 Å². The minimum atomic E-state index is 1.24. The van der Waals surface area contributed by atoms with Crippen molar-refractivity contribution in [2.24, 2.45) is 0 Å². The SMILES string of the molecule is CCCCCCCCCCCCCCCCCCCCN(CCCCCCCCCCCCCCCCCCCC)c1ccccc1. The van der Waals surface area contributed by atoms with Crippen molar-refractivity contribution in [2.45, 2.75) is 245 Å². The van der Waals surface area contributed by atoms with E-state index in [1.165, 1.54) is 250 Å². The van der Waals surface area contributed by atoms with Crippen molar-refractivity contribution in [1.29, 1.82) is 0 Å². The predicted molar refractivity (Wildman–Crippen MR) is 216 cm³/mol. The maximum Gasteiger partial charge on any atom is 0.0366 e. The van der Waals surface area contributed by atoms with Gasteiger partial charge in [0.1, 0.15) is 0 Å². The molecule has 0 saturated heterocycles. The van der Waals surface area contributed by atoms with Gasteiger partial charge in [-0.2, -0.15) is 0 Å². The van der Waals surface area contributed by atoms with Crippen molar-refractivity contribution in [3.05, 3.63) is 30.3 Å². The number of nitrogens with zero attached hydrogens (tertiary/aromatic N) is 1. The zero-order valence-electron chi connectivity index (χ0n) is 32.7. The summed E-state index contributed by atoms with van der Waals surface area (Å²) in [7, 11) is 0. The molecule has 0 fully saturated rings. The van der Waals surface area contributed by atoms with Crippen molar-refractivity contribution in [2.75, 3.05) is 18.0 Å². The first kappa shape index (κ1) is 44.0. The lowest BCUT2D eigenvalue weighted by molar-refractivity contribution is 0.521. The molecular formula is C46H87N. The summed E-state index contributed by atoms with van der Waals surface area (Å²) in [6, 6.07) is 11.2. The lowest BCUT2D eigenvalue weighted by atomic mass is 10.0. The third kappa shape index (κ3) is 32.0. The zero-order valence-corrected chi connectivity index (χ0v) is 32.7. The second kappa shape index (κ2) is 37.8. The van der Waals surface area contributed by atoms with Crippen LogP contribution in [0.2, 0.25) is 0 Å². The Labute approximate surface area is 298 Å². The molecule has 0 N–H and O–H groups in total. The Morgan fingerprint density at radius 1 is 0.277 bits per heavy atom. The third-order valence-electron chi connectivity index (χ3n) is 10.7. The number of unbranched alkanes of at least 4 members (excludes halogenated alkanes) is 34. The summed E-state index contributed by atoms with van der Waals surface area (Å²) in [5, 5.41) is 0. The first-order valence-electron chi connectivity index (χ1n) is 22.2. The molecule has 1 aromatic rings. The molecule has 0 bridgehead atoms. The fraction of sp³-hybridized carbons (Fsp3) is 0.870. The molecule has 0 saturated carbocycles. The molecule has 0 aliphatic heterocycles. The Balaban J connectivity index is 1.92. The summed E-state index contributed by atoms with van der Waals surface area (Å²) < 4.78 is 0. The number of anilines is 1. The number of hydrogen-bond donors (Lipinski definition) is 0. The van der Waals surface area contributed by atoms with Gasteiger partial charge >= 0.3 is 0 Å². The van der Waals surface area contributed by atoms with E-state index in [0.29, 0.717) is 0 Å². The van der Waals surface area contributed by atoms with Crippen LogP contribution in [0, 0.1) is 0 Å². The van der Waals surface area contributed by atoms with Crippen LogP contribution in [-0.4, -0.2) is 13.1 Å². The number of benzene rings is 1. The molecule has 1 aromatic carbocycles. The predicted octanol–water partition coefficient (Wildman–Crippen LogP) is 16.6. The molecule has 1 heteroatoms. The van der Waals surface area contributed by atoms with Crippen molar-refractivity contribution in [3.8, 4) is 0 Å². The molecule has 0 unspecified atom stereocenters. The summed E-state index contributed by atoms with van der Waals surface area (Å²) in [4.78, 5) is 2.68. The molecule has 0 radical (unpaired) electrons. The second-order valence-corrected chi connectivity index (χ2v) is 15.3. The molecule has 0 amide bonds. The molecule has 0 aliphatic rings. The summed E-state index contributed by atoms with van der Waals surface area (Å²) >= 11 is 0. The van der Waals surface area contributed by atoms with Crippen LogP contribution in [0.1, 0.15) is 245 Å². The standard InChI is InChI=1S/C46H87N/c1-3-5-7-9-11-13-15-17-19-21-23-25-27-29-31-33-35-40-44-47(46-42-38-37-39-43-46)45-41-36-34-32-30-28-26-24-22-20-18-16-14-12-10-8-6-4-2/h37-39,42-43H,3-36,40-41,44-45H2,1-2H3. The van der Waals surface area contributed by atoms with E-state index in [1.54, 1.807) is 0 Å². The molecule has 276 valence electrons. The fourth-order valence-electron chi connectivity index (χ4n) is 7.42. The summed E-state index contributed by atoms with van der Waals surface area (Å²) in [6.07, 6.45) is 52.2. The quantitative estimate of drug-likeness (QED) is 0.0639. The minimum absolute atomic E-state index is 1.24. The van der Waals surface area contributed by atoms with Crippen molar-refractivity contribution >= 4 is 5.69 Å². The van der Waals surface area contributed by atoms with Crippen LogP contribution in [0.25, 0.3) is 0 Å². The van der Waals surface area contributed by atoms with Crippen LogP contribution in [0.15, 0.2) is 30.3 Å². The Morgan fingerprint density at radius 3 is 0.723 bits per heavy atom. The Morgan fingerprint density at radius 2 is 0.489 bits per heavy atom.